The van der Waals surface area contributed by atoms with Crippen LogP contribution in [0, 0.1) is 5.82 Å². The lowest BCUT2D eigenvalue weighted by atomic mass is 10.2. The Balaban J connectivity index is 2.36. The number of hydrogen-bond acceptors (Lipinski definition) is 2. The van der Waals surface area contributed by atoms with Crippen LogP contribution >= 0.6 is 27.5 Å². The molecule has 0 heterocycles. The van der Waals surface area contributed by atoms with Gasteiger partial charge in [-0.05, 0) is 47.2 Å². The van der Waals surface area contributed by atoms with E-state index in [0.29, 0.717) is 27.5 Å². The fraction of sp³-hybridized carbons (Fsp3) is 0.143. The van der Waals surface area contributed by atoms with E-state index in [1.54, 1.807) is 18.2 Å². The van der Waals surface area contributed by atoms with E-state index in [-0.39, 0.29) is 5.82 Å². The van der Waals surface area contributed by atoms with Gasteiger partial charge in [0.15, 0.2) is 0 Å². The Bertz CT molecular complexity index is 592. The van der Waals surface area contributed by atoms with Gasteiger partial charge in [-0.2, -0.15) is 0 Å². The lowest BCUT2D eigenvalue weighted by Gasteiger charge is -2.12. The highest BCUT2D eigenvalue weighted by atomic mass is 79.9. The van der Waals surface area contributed by atoms with Gasteiger partial charge >= 0.3 is 0 Å². The van der Waals surface area contributed by atoms with Gasteiger partial charge in [0.2, 0.25) is 0 Å². The number of halogens is 3. The van der Waals surface area contributed by atoms with Crippen LogP contribution in [0.5, 0.6) is 11.5 Å². The van der Waals surface area contributed by atoms with Crippen LogP contribution in [0.3, 0.4) is 0 Å². The fourth-order valence-electron chi connectivity index (χ4n) is 1.63. The molecule has 0 aliphatic carbocycles. The average Bonchev–Trinajstić information content (AvgIpc) is 2.37. The van der Waals surface area contributed by atoms with Crippen LogP contribution in [0.1, 0.15) is 5.56 Å². The third kappa shape index (κ3) is 3.69. The maximum atomic E-state index is 13.2. The Morgan fingerprint density at radius 1 is 1.21 bits per heavy atom. The Hall–Kier alpha value is -1.10. The molecule has 0 unspecified atom stereocenters. The molecule has 0 aliphatic rings. The third-order valence-corrected chi connectivity index (χ3v) is 3.40. The summed E-state index contributed by atoms with van der Waals surface area (Å²) in [5.74, 6) is 0.670. The second-order valence-electron chi connectivity index (χ2n) is 3.96. The predicted molar refractivity (Wildman–Crippen MR) is 78.4 cm³/mol. The highest BCUT2D eigenvalue weighted by molar-refractivity contribution is 9.10. The molecule has 0 spiro atoms. The molecule has 0 aromatic heterocycles. The molecule has 100 valence electrons. The number of nitrogens with one attached hydrogen (secondary N) is 1. The summed E-state index contributed by atoms with van der Waals surface area (Å²) in [5.41, 5.74) is 0.947. The molecule has 5 heteroatoms. The second kappa shape index (κ2) is 6.37. The minimum atomic E-state index is -0.351. The molecule has 2 aromatic carbocycles. The predicted octanol–water partition coefficient (Wildman–Crippen LogP) is 4.75. The normalized spacial score (nSPS) is 10.5. The zero-order valence-corrected chi connectivity index (χ0v) is 12.6. The summed E-state index contributed by atoms with van der Waals surface area (Å²) >= 11 is 9.30. The first-order valence-electron chi connectivity index (χ1n) is 5.66. The molecule has 0 aliphatic heterocycles. The van der Waals surface area contributed by atoms with Crippen molar-refractivity contribution in [3.63, 3.8) is 0 Å². The van der Waals surface area contributed by atoms with Crippen molar-refractivity contribution in [3.8, 4) is 11.5 Å². The number of hydrogen-bond donors (Lipinski definition) is 1. The SMILES string of the molecule is CNCc1ccc(Cl)cc1Oc1cc(F)ccc1Br. The van der Waals surface area contributed by atoms with Gasteiger partial charge in [0.05, 0.1) is 4.47 Å². The summed E-state index contributed by atoms with van der Waals surface area (Å²) in [7, 11) is 1.84. The maximum Gasteiger partial charge on any atom is 0.144 e. The van der Waals surface area contributed by atoms with Crippen LogP contribution in [0.2, 0.25) is 5.02 Å². The summed E-state index contributed by atoms with van der Waals surface area (Å²) in [5, 5.41) is 3.62. The van der Waals surface area contributed by atoms with E-state index in [0.717, 1.165) is 5.56 Å². The van der Waals surface area contributed by atoms with Gasteiger partial charge in [-0.25, -0.2) is 4.39 Å². The molecular weight excluding hydrogens is 333 g/mol. The van der Waals surface area contributed by atoms with Crippen molar-refractivity contribution >= 4 is 27.5 Å². The Morgan fingerprint density at radius 2 is 2.00 bits per heavy atom. The molecular formula is C14H12BrClFNO. The molecule has 0 saturated heterocycles. The molecule has 0 amide bonds. The molecule has 1 N–H and O–H groups in total. The van der Waals surface area contributed by atoms with Gasteiger partial charge in [-0.3, -0.25) is 0 Å². The molecule has 0 radical (unpaired) electrons. The Morgan fingerprint density at radius 3 is 2.74 bits per heavy atom. The van der Waals surface area contributed by atoms with Crippen molar-refractivity contribution in [1.29, 1.82) is 0 Å². The largest absolute Gasteiger partial charge is 0.456 e. The first-order valence-corrected chi connectivity index (χ1v) is 6.83. The van der Waals surface area contributed by atoms with E-state index in [2.05, 4.69) is 21.2 Å². The zero-order chi connectivity index (χ0) is 13.8. The van der Waals surface area contributed by atoms with Crippen LogP contribution in [-0.4, -0.2) is 7.05 Å². The number of rotatable bonds is 4. The van der Waals surface area contributed by atoms with Crippen molar-refractivity contribution in [3.05, 3.63) is 57.3 Å². The standard InChI is InChI=1S/C14H12BrClFNO/c1-18-8-9-2-3-10(16)6-13(9)19-14-7-11(17)4-5-12(14)15/h2-7,18H,8H2,1H3. The Kier molecular flexibility index (Phi) is 4.80. The first-order chi connectivity index (χ1) is 9.10. The van der Waals surface area contributed by atoms with E-state index < -0.39 is 0 Å². The minimum Gasteiger partial charge on any atom is -0.456 e. The summed E-state index contributed by atoms with van der Waals surface area (Å²) in [6.07, 6.45) is 0. The average molecular weight is 345 g/mol. The van der Waals surface area contributed by atoms with Crippen LogP contribution < -0.4 is 10.1 Å². The van der Waals surface area contributed by atoms with Gasteiger partial charge in [0.25, 0.3) is 0 Å². The highest BCUT2D eigenvalue weighted by Gasteiger charge is 2.09. The van der Waals surface area contributed by atoms with E-state index in [1.807, 2.05) is 13.1 Å². The zero-order valence-electron chi connectivity index (χ0n) is 10.2. The van der Waals surface area contributed by atoms with Gasteiger partial charge < -0.3 is 10.1 Å². The molecule has 2 aromatic rings. The van der Waals surface area contributed by atoms with Crippen LogP contribution in [0.25, 0.3) is 0 Å². The van der Waals surface area contributed by atoms with Gasteiger partial charge in [0.1, 0.15) is 17.3 Å². The highest BCUT2D eigenvalue weighted by Crippen LogP contribution is 2.33. The lowest BCUT2D eigenvalue weighted by Crippen LogP contribution is -2.06. The monoisotopic (exact) mass is 343 g/mol. The van der Waals surface area contributed by atoms with Crippen molar-refractivity contribution in [1.82, 2.24) is 5.32 Å². The van der Waals surface area contributed by atoms with Gasteiger partial charge in [-0.1, -0.05) is 17.7 Å². The van der Waals surface area contributed by atoms with Crippen LogP contribution in [-0.2, 0) is 6.54 Å². The minimum absolute atomic E-state index is 0.351. The summed E-state index contributed by atoms with van der Waals surface area (Å²) in [6, 6.07) is 9.68. The molecule has 2 rings (SSSR count). The molecule has 0 saturated carbocycles. The lowest BCUT2D eigenvalue weighted by molar-refractivity contribution is 0.466. The van der Waals surface area contributed by atoms with E-state index >= 15 is 0 Å². The number of ether oxygens (including phenoxy) is 1. The Labute approximate surface area is 124 Å². The molecule has 0 bridgehead atoms. The van der Waals surface area contributed by atoms with Gasteiger partial charge in [-0.15, -0.1) is 0 Å². The van der Waals surface area contributed by atoms with E-state index in [4.69, 9.17) is 16.3 Å². The topological polar surface area (TPSA) is 21.3 Å². The van der Waals surface area contributed by atoms with Crippen molar-refractivity contribution in [2.45, 2.75) is 6.54 Å². The smallest absolute Gasteiger partial charge is 0.144 e. The van der Waals surface area contributed by atoms with Crippen LogP contribution in [0.4, 0.5) is 4.39 Å². The fourth-order valence-corrected chi connectivity index (χ4v) is 2.12. The molecule has 0 fully saturated rings. The van der Waals surface area contributed by atoms with E-state index in [9.17, 15) is 4.39 Å². The van der Waals surface area contributed by atoms with Crippen molar-refractivity contribution in [2.75, 3.05) is 7.05 Å². The molecule has 19 heavy (non-hydrogen) atoms. The van der Waals surface area contributed by atoms with Gasteiger partial charge in [0, 0.05) is 23.2 Å². The number of benzene rings is 2. The molecule has 2 nitrogen and oxygen atoms in total. The third-order valence-electron chi connectivity index (χ3n) is 2.51. The summed E-state index contributed by atoms with van der Waals surface area (Å²) in [6.45, 7) is 0.638. The van der Waals surface area contributed by atoms with E-state index in [1.165, 1.54) is 12.1 Å². The van der Waals surface area contributed by atoms with Crippen molar-refractivity contribution < 1.29 is 9.13 Å². The first kappa shape index (κ1) is 14.3. The quantitative estimate of drug-likeness (QED) is 0.864. The maximum absolute atomic E-state index is 13.2. The summed E-state index contributed by atoms with van der Waals surface area (Å²) in [4.78, 5) is 0. The van der Waals surface area contributed by atoms with Crippen molar-refractivity contribution in [2.24, 2.45) is 0 Å². The van der Waals surface area contributed by atoms with Crippen LogP contribution in [0.15, 0.2) is 40.9 Å². The molecule has 0 atom stereocenters. The second-order valence-corrected chi connectivity index (χ2v) is 5.25. The summed E-state index contributed by atoms with van der Waals surface area (Å²) < 4.78 is 19.7.